The van der Waals surface area contributed by atoms with Crippen LogP contribution in [0.15, 0.2) is 0 Å². The summed E-state index contributed by atoms with van der Waals surface area (Å²) >= 11 is 0. The number of ketones is 1. The summed E-state index contributed by atoms with van der Waals surface area (Å²) in [5.74, 6) is 4.63. The first kappa shape index (κ1) is 23.7. The Labute approximate surface area is 164 Å². The Balaban J connectivity index is 2.15. The van der Waals surface area contributed by atoms with Crippen molar-refractivity contribution < 1.29 is 23.8 Å². The highest BCUT2D eigenvalue weighted by Gasteiger charge is 2.38. The largest absolute Gasteiger partial charge is 0.466 e. The van der Waals surface area contributed by atoms with Crippen LogP contribution in [0.5, 0.6) is 0 Å². The molecule has 0 bridgehead atoms. The minimum absolute atomic E-state index is 0.0479. The van der Waals surface area contributed by atoms with Crippen molar-refractivity contribution in [1.82, 2.24) is 0 Å². The van der Waals surface area contributed by atoms with Crippen LogP contribution in [0.4, 0.5) is 0 Å². The van der Waals surface area contributed by atoms with Crippen LogP contribution in [0.1, 0.15) is 90.9 Å². The molecule has 0 aliphatic carbocycles. The highest BCUT2D eigenvalue weighted by atomic mass is 16.7. The van der Waals surface area contributed by atoms with Gasteiger partial charge in [0.2, 0.25) is 5.78 Å². The van der Waals surface area contributed by atoms with Gasteiger partial charge in [0, 0.05) is 19.3 Å². The maximum absolute atomic E-state index is 11.7. The average Bonchev–Trinajstić information content (AvgIpc) is 3.09. The minimum Gasteiger partial charge on any atom is -0.466 e. The fourth-order valence-electron chi connectivity index (χ4n) is 3.16. The van der Waals surface area contributed by atoms with Crippen molar-refractivity contribution in [2.24, 2.45) is 0 Å². The maximum atomic E-state index is 11.7. The first-order valence-corrected chi connectivity index (χ1v) is 10.6. The predicted molar refractivity (Wildman–Crippen MR) is 105 cm³/mol. The average molecular weight is 381 g/mol. The molecule has 1 aliphatic heterocycles. The second kappa shape index (κ2) is 14.6. The van der Waals surface area contributed by atoms with Gasteiger partial charge in [-0.3, -0.25) is 9.59 Å². The van der Waals surface area contributed by atoms with Gasteiger partial charge < -0.3 is 14.2 Å². The molecule has 0 atom stereocenters. The molecule has 1 heterocycles. The lowest BCUT2D eigenvalue weighted by Gasteiger charge is -2.26. The first-order chi connectivity index (χ1) is 13.1. The van der Waals surface area contributed by atoms with Crippen molar-refractivity contribution >= 4 is 11.8 Å². The van der Waals surface area contributed by atoms with E-state index >= 15 is 0 Å². The Bertz CT molecular complexity index is 483. The van der Waals surface area contributed by atoms with E-state index in [1.165, 1.54) is 25.7 Å². The van der Waals surface area contributed by atoms with Crippen molar-refractivity contribution in [3.63, 3.8) is 0 Å². The summed E-state index contributed by atoms with van der Waals surface area (Å²) in [6, 6.07) is 0. The summed E-state index contributed by atoms with van der Waals surface area (Å²) in [5, 5.41) is 0. The lowest BCUT2D eigenvalue weighted by molar-refractivity contribution is -0.185. The fourth-order valence-corrected chi connectivity index (χ4v) is 3.16. The van der Waals surface area contributed by atoms with Gasteiger partial charge in [-0.05, 0) is 32.1 Å². The number of Topliss-reactive ketones (excluding diaryl/α,β-unsaturated/α-hetero) is 1. The van der Waals surface area contributed by atoms with Gasteiger partial charge >= 0.3 is 5.97 Å². The third kappa shape index (κ3) is 11.1. The van der Waals surface area contributed by atoms with Crippen LogP contribution in [0.2, 0.25) is 0 Å². The van der Waals surface area contributed by atoms with Crippen LogP contribution in [0.25, 0.3) is 0 Å². The third-order valence-corrected chi connectivity index (χ3v) is 4.63. The molecule has 27 heavy (non-hydrogen) atoms. The zero-order valence-corrected chi connectivity index (χ0v) is 17.1. The molecule has 0 aromatic rings. The van der Waals surface area contributed by atoms with Gasteiger partial charge in [-0.15, -0.1) is 0 Å². The highest BCUT2D eigenvalue weighted by Crippen LogP contribution is 2.30. The lowest BCUT2D eigenvalue weighted by Crippen LogP contribution is -2.33. The summed E-state index contributed by atoms with van der Waals surface area (Å²) in [5.41, 5.74) is 0. The fraction of sp³-hybridized carbons (Fsp3) is 0.818. The Morgan fingerprint density at radius 3 is 2.37 bits per heavy atom. The van der Waals surface area contributed by atoms with Gasteiger partial charge in [0.25, 0.3) is 0 Å². The molecule has 0 spiro atoms. The van der Waals surface area contributed by atoms with E-state index in [0.717, 1.165) is 25.7 Å². The molecule has 5 heteroatoms. The predicted octanol–water partition coefficient (Wildman–Crippen LogP) is 4.57. The Morgan fingerprint density at radius 1 is 0.963 bits per heavy atom. The summed E-state index contributed by atoms with van der Waals surface area (Å²) in [4.78, 5) is 23.5. The molecule has 5 nitrogen and oxygen atoms in total. The normalized spacial score (nSPS) is 15.2. The summed E-state index contributed by atoms with van der Waals surface area (Å²) in [6.45, 7) is 5.36. The third-order valence-electron chi connectivity index (χ3n) is 4.63. The highest BCUT2D eigenvalue weighted by molar-refractivity contribution is 5.95. The van der Waals surface area contributed by atoms with E-state index in [0.29, 0.717) is 39.1 Å². The second-order valence-corrected chi connectivity index (χ2v) is 7.04. The number of esters is 1. The number of hydrogen-bond acceptors (Lipinski definition) is 5. The topological polar surface area (TPSA) is 61.8 Å². The van der Waals surface area contributed by atoms with Gasteiger partial charge in [-0.25, -0.2) is 0 Å². The lowest BCUT2D eigenvalue weighted by atomic mass is 10.0. The van der Waals surface area contributed by atoms with Gasteiger partial charge in [0.15, 0.2) is 5.79 Å². The van der Waals surface area contributed by atoms with E-state index in [-0.39, 0.29) is 18.2 Å². The van der Waals surface area contributed by atoms with Crippen molar-refractivity contribution in [3.8, 4) is 11.8 Å². The molecule has 0 saturated carbocycles. The molecule has 0 unspecified atom stereocenters. The molecule has 1 aliphatic rings. The monoisotopic (exact) mass is 380 g/mol. The molecule has 1 saturated heterocycles. The van der Waals surface area contributed by atoms with Crippen LogP contribution in [-0.2, 0) is 23.8 Å². The number of unbranched alkanes of at least 4 members (excludes halogenated alkanes) is 7. The number of rotatable bonds is 14. The van der Waals surface area contributed by atoms with E-state index in [1.807, 2.05) is 0 Å². The number of hydrogen-bond donors (Lipinski definition) is 0. The smallest absolute Gasteiger partial charge is 0.311 e. The SMILES string of the molecule is CCCCCCCCC(=O)C#CCCCCC1(CC(=O)OCC)OCCO1. The van der Waals surface area contributed by atoms with Gasteiger partial charge in [0.1, 0.15) is 0 Å². The number of carbonyl (C=O) groups excluding carboxylic acids is 2. The molecule has 1 rings (SSSR count). The van der Waals surface area contributed by atoms with Crippen LogP contribution in [-0.4, -0.2) is 37.4 Å². The van der Waals surface area contributed by atoms with Crippen LogP contribution in [0, 0.1) is 11.8 Å². The molecule has 1 fully saturated rings. The van der Waals surface area contributed by atoms with E-state index in [2.05, 4.69) is 18.8 Å². The van der Waals surface area contributed by atoms with Crippen molar-refractivity contribution in [1.29, 1.82) is 0 Å². The molecule has 0 aromatic carbocycles. The van der Waals surface area contributed by atoms with Crippen LogP contribution >= 0.6 is 0 Å². The van der Waals surface area contributed by atoms with E-state index in [4.69, 9.17) is 14.2 Å². The zero-order chi connectivity index (χ0) is 19.8. The molecule has 0 amide bonds. The Hall–Kier alpha value is -1.38. The molecular formula is C22H36O5. The van der Waals surface area contributed by atoms with Gasteiger partial charge in [-0.1, -0.05) is 44.9 Å². The minimum atomic E-state index is -0.840. The van der Waals surface area contributed by atoms with Crippen LogP contribution < -0.4 is 0 Å². The first-order valence-electron chi connectivity index (χ1n) is 10.6. The van der Waals surface area contributed by atoms with E-state index in [9.17, 15) is 9.59 Å². The Morgan fingerprint density at radius 2 is 1.67 bits per heavy atom. The quantitative estimate of drug-likeness (QED) is 0.191. The summed E-state index contributed by atoms with van der Waals surface area (Å²) in [6.07, 6.45) is 10.8. The zero-order valence-electron chi connectivity index (χ0n) is 17.1. The Kier molecular flexibility index (Phi) is 12.8. The van der Waals surface area contributed by atoms with Crippen LogP contribution in [0.3, 0.4) is 0 Å². The molecule has 154 valence electrons. The van der Waals surface area contributed by atoms with Gasteiger partial charge in [-0.2, -0.15) is 0 Å². The second-order valence-electron chi connectivity index (χ2n) is 7.04. The molecule has 0 radical (unpaired) electrons. The van der Waals surface area contributed by atoms with Crippen molar-refractivity contribution in [3.05, 3.63) is 0 Å². The standard InChI is InChI=1S/C22H36O5/c1-3-5-6-7-8-11-14-20(23)15-12-9-10-13-16-22(26-17-18-27-22)19-21(24)25-4-2/h3-11,13-14,16-19H2,1-2H3. The number of ether oxygens (including phenoxy) is 3. The van der Waals surface area contributed by atoms with Gasteiger partial charge in [0.05, 0.1) is 26.2 Å². The molecule has 0 N–H and O–H groups in total. The van der Waals surface area contributed by atoms with E-state index < -0.39 is 5.79 Å². The summed E-state index contributed by atoms with van der Waals surface area (Å²) < 4.78 is 16.3. The number of carbonyl (C=O) groups is 2. The molecule has 0 aromatic heterocycles. The van der Waals surface area contributed by atoms with E-state index in [1.54, 1.807) is 6.92 Å². The van der Waals surface area contributed by atoms with Crippen molar-refractivity contribution in [2.45, 2.75) is 96.7 Å². The summed E-state index contributed by atoms with van der Waals surface area (Å²) in [7, 11) is 0. The van der Waals surface area contributed by atoms with Crippen molar-refractivity contribution in [2.75, 3.05) is 19.8 Å². The molecular weight excluding hydrogens is 344 g/mol. The maximum Gasteiger partial charge on any atom is 0.311 e.